The number of nitrogens with one attached hydrogen (secondary N) is 1. The van der Waals surface area contributed by atoms with E-state index in [1.54, 1.807) is 6.07 Å². The van der Waals surface area contributed by atoms with E-state index >= 15 is 0 Å². The molecular formula is C12H15BrN2O3. The molecule has 1 fully saturated rings. The van der Waals surface area contributed by atoms with Crippen LogP contribution in [0.15, 0.2) is 22.7 Å². The molecule has 0 amide bonds. The lowest BCUT2D eigenvalue weighted by atomic mass is 10.0. The van der Waals surface area contributed by atoms with Crippen LogP contribution in [0.25, 0.3) is 0 Å². The first-order chi connectivity index (χ1) is 8.66. The van der Waals surface area contributed by atoms with E-state index in [2.05, 4.69) is 21.2 Å². The van der Waals surface area contributed by atoms with Crippen LogP contribution < -0.4 is 5.32 Å². The Morgan fingerprint density at radius 1 is 1.44 bits per heavy atom. The first kappa shape index (κ1) is 13.3. The minimum Gasteiger partial charge on any atom is -0.384 e. The van der Waals surface area contributed by atoms with Gasteiger partial charge in [0, 0.05) is 42.1 Å². The molecule has 1 saturated heterocycles. The third kappa shape index (κ3) is 3.43. The monoisotopic (exact) mass is 314 g/mol. The molecule has 1 aliphatic rings. The number of hydrogen-bond acceptors (Lipinski definition) is 4. The molecule has 0 atom stereocenters. The van der Waals surface area contributed by atoms with Gasteiger partial charge in [-0.15, -0.1) is 0 Å². The molecule has 0 unspecified atom stereocenters. The molecule has 2 rings (SSSR count). The van der Waals surface area contributed by atoms with E-state index < -0.39 is 4.92 Å². The van der Waals surface area contributed by atoms with Gasteiger partial charge in [-0.3, -0.25) is 10.1 Å². The first-order valence-corrected chi connectivity index (χ1v) is 6.71. The number of nitrogens with zero attached hydrogens (tertiary/aromatic N) is 1. The van der Waals surface area contributed by atoms with Gasteiger partial charge < -0.3 is 10.1 Å². The second-order valence-electron chi connectivity index (χ2n) is 4.36. The molecule has 0 bridgehead atoms. The fourth-order valence-electron chi connectivity index (χ4n) is 1.97. The van der Waals surface area contributed by atoms with Gasteiger partial charge in [-0.2, -0.15) is 0 Å². The highest BCUT2D eigenvalue weighted by atomic mass is 79.9. The number of ether oxygens (including phenoxy) is 1. The average Bonchev–Trinajstić information content (AvgIpc) is 2.38. The van der Waals surface area contributed by atoms with Gasteiger partial charge in [-0.05, 0) is 40.8 Å². The molecular weight excluding hydrogens is 300 g/mol. The smallest absolute Gasteiger partial charge is 0.270 e. The van der Waals surface area contributed by atoms with Crippen LogP contribution in [0.2, 0.25) is 0 Å². The lowest BCUT2D eigenvalue weighted by molar-refractivity contribution is -0.384. The summed E-state index contributed by atoms with van der Waals surface area (Å²) in [6.45, 7) is 2.53. The van der Waals surface area contributed by atoms with Crippen molar-refractivity contribution in [3.63, 3.8) is 0 Å². The van der Waals surface area contributed by atoms with Gasteiger partial charge >= 0.3 is 0 Å². The largest absolute Gasteiger partial charge is 0.384 e. The second-order valence-corrected chi connectivity index (χ2v) is 5.21. The van der Waals surface area contributed by atoms with Crippen LogP contribution in [-0.2, 0) is 4.74 Å². The summed E-state index contributed by atoms with van der Waals surface area (Å²) in [6.07, 6.45) is 2.13. The Hall–Kier alpha value is -1.14. The minimum absolute atomic E-state index is 0.0958. The Morgan fingerprint density at radius 2 is 2.17 bits per heavy atom. The van der Waals surface area contributed by atoms with E-state index in [0.29, 0.717) is 5.92 Å². The summed E-state index contributed by atoms with van der Waals surface area (Å²) in [4.78, 5) is 10.2. The van der Waals surface area contributed by atoms with Crippen molar-refractivity contribution in [3.8, 4) is 0 Å². The van der Waals surface area contributed by atoms with Gasteiger partial charge in [0.2, 0.25) is 0 Å². The predicted molar refractivity (Wildman–Crippen MR) is 72.8 cm³/mol. The highest BCUT2D eigenvalue weighted by Crippen LogP contribution is 2.27. The van der Waals surface area contributed by atoms with Gasteiger partial charge in [0.15, 0.2) is 0 Å². The van der Waals surface area contributed by atoms with E-state index in [9.17, 15) is 10.1 Å². The summed E-state index contributed by atoms with van der Waals surface area (Å²) in [5, 5.41) is 13.9. The third-order valence-corrected chi connectivity index (χ3v) is 3.74. The summed E-state index contributed by atoms with van der Waals surface area (Å²) < 4.78 is 6.03. The first-order valence-electron chi connectivity index (χ1n) is 5.92. The zero-order valence-electron chi connectivity index (χ0n) is 9.89. The Balaban J connectivity index is 1.94. The van der Waals surface area contributed by atoms with Crippen molar-refractivity contribution in [2.24, 2.45) is 5.92 Å². The van der Waals surface area contributed by atoms with Gasteiger partial charge in [0.1, 0.15) is 0 Å². The van der Waals surface area contributed by atoms with Gasteiger partial charge in [0.05, 0.1) is 4.92 Å². The summed E-state index contributed by atoms with van der Waals surface area (Å²) in [5.74, 6) is 0.612. The maximum atomic E-state index is 10.6. The predicted octanol–water partition coefficient (Wildman–Crippen LogP) is 3.20. The van der Waals surface area contributed by atoms with Crippen LogP contribution in [0.4, 0.5) is 11.4 Å². The zero-order valence-corrected chi connectivity index (χ0v) is 11.5. The standard InChI is InChI=1S/C12H15BrN2O3/c13-11-7-10(15(16)17)1-2-12(11)14-8-9-3-5-18-6-4-9/h1-2,7,9,14H,3-6,8H2. The molecule has 5 nitrogen and oxygen atoms in total. The molecule has 1 N–H and O–H groups in total. The van der Waals surface area contributed by atoms with E-state index in [1.807, 2.05) is 0 Å². The summed E-state index contributed by atoms with van der Waals surface area (Å²) in [7, 11) is 0. The molecule has 6 heteroatoms. The number of nitro benzene ring substituents is 1. The molecule has 18 heavy (non-hydrogen) atoms. The fourth-order valence-corrected chi connectivity index (χ4v) is 2.47. The summed E-state index contributed by atoms with van der Waals surface area (Å²) >= 11 is 3.35. The molecule has 0 aromatic heterocycles. The number of benzene rings is 1. The van der Waals surface area contributed by atoms with E-state index in [0.717, 1.165) is 42.8 Å². The van der Waals surface area contributed by atoms with E-state index in [1.165, 1.54) is 12.1 Å². The number of nitro groups is 1. The zero-order chi connectivity index (χ0) is 13.0. The molecule has 0 spiro atoms. The van der Waals surface area contributed by atoms with Crippen molar-refractivity contribution in [1.29, 1.82) is 0 Å². The molecule has 0 aliphatic carbocycles. The van der Waals surface area contributed by atoms with Crippen LogP contribution in [0.3, 0.4) is 0 Å². The van der Waals surface area contributed by atoms with Crippen LogP contribution in [0, 0.1) is 16.0 Å². The van der Waals surface area contributed by atoms with Crippen molar-refractivity contribution in [2.45, 2.75) is 12.8 Å². The molecule has 1 aliphatic heterocycles. The average molecular weight is 315 g/mol. The van der Waals surface area contributed by atoms with Crippen molar-refractivity contribution in [3.05, 3.63) is 32.8 Å². The van der Waals surface area contributed by atoms with Crippen molar-refractivity contribution < 1.29 is 9.66 Å². The Morgan fingerprint density at radius 3 is 2.78 bits per heavy atom. The molecule has 1 aromatic carbocycles. The SMILES string of the molecule is O=[N+]([O-])c1ccc(NCC2CCOCC2)c(Br)c1. The minimum atomic E-state index is -0.396. The number of hydrogen-bond donors (Lipinski definition) is 1. The lowest BCUT2D eigenvalue weighted by Gasteiger charge is -2.22. The topological polar surface area (TPSA) is 64.4 Å². The van der Waals surface area contributed by atoms with Gasteiger partial charge in [-0.25, -0.2) is 0 Å². The van der Waals surface area contributed by atoms with Gasteiger partial charge in [-0.1, -0.05) is 0 Å². The highest BCUT2D eigenvalue weighted by molar-refractivity contribution is 9.10. The number of anilines is 1. The third-order valence-electron chi connectivity index (χ3n) is 3.09. The quantitative estimate of drug-likeness (QED) is 0.684. The number of halogens is 1. The molecule has 1 heterocycles. The van der Waals surface area contributed by atoms with Crippen molar-refractivity contribution in [2.75, 3.05) is 25.1 Å². The van der Waals surface area contributed by atoms with Crippen LogP contribution in [-0.4, -0.2) is 24.7 Å². The second kappa shape index (κ2) is 6.15. The molecule has 1 aromatic rings. The highest BCUT2D eigenvalue weighted by Gasteiger charge is 2.14. The van der Waals surface area contributed by atoms with Crippen LogP contribution >= 0.6 is 15.9 Å². The molecule has 0 radical (unpaired) electrons. The number of rotatable bonds is 4. The normalized spacial score (nSPS) is 16.5. The number of non-ortho nitro benzene ring substituents is 1. The van der Waals surface area contributed by atoms with Crippen molar-refractivity contribution in [1.82, 2.24) is 0 Å². The summed E-state index contributed by atoms with van der Waals surface area (Å²) in [6, 6.07) is 4.77. The maximum Gasteiger partial charge on any atom is 0.270 e. The Bertz CT molecular complexity index is 433. The van der Waals surface area contributed by atoms with E-state index in [4.69, 9.17) is 4.74 Å². The van der Waals surface area contributed by atoms with Crippen LogP contribution in [0.5, 0.6) is 0 Å². The van der Waals surface area contributed by atoms with Crippen LogP contribution in [0.1, 0.15) is 12.8 Å². The molecule has 98 valence electrons. The fraction of sp³-hybridized carbons (Fsp3) is 0.500. The Labute approximate surface area is 114 Å². The van der Waals surface area contributed by atoms with E-state index in [-0.39, 0.29) is 5.69 Å². The van der Waals surface area contributed by atoms with Gasteiger partial charge in [0.25, 0.3) is 5.69 Å². The Kier molecular flexibility index (Phi) is 4.54. The summed E-state index contributed by atoms with van der Waals surface area (Å²) in [5.41, 5.74) is 0.991. The lowest BCUT2D eigenvalue weighted by Crippen LogP contribution is -2.22. The maximum absolute atomic E-state index is 10.6. The molecule has 0 saturated carbocycles. The van der Waals surface area contributed by atoms with Crippen molar-refractivity contribution >= 4 is 27.3 Å².